The van der Waals surface area contributed by atoms with Crippen molar-refractivity contribution in [1.29, 1.82) is 0 Å². The van der Waals surface area contributed by atoms with Crippen molar-refractivity contribution < 1.29 is 4.42 Å². The minimum absolute atomic E-state index is 0.577. The Balaban J connectivity index is 1.18. The zero-order valence-corrected chi connectivity index (χ0v) is 30.2. The lowest BCUT2D eigenvalue weighted by Crippen LogP contribution is -2.11. The van der Waals surface area contributed by atoms with E-state index >= 15 is 0 Å². The summed E-state index contributed by atoms with van der Waals surface area (Å²) in [5.41, 5.74) is 11.5. The van der Waals surface area contributed by atoms with Crippen LogP contribution >= 0.6 is 0 Å². The Morgan fingerprint density at radius 3 is 1.66 bits per heavy atom. The van der Waals surface area contributed by atoms with E-state index in [4.69, 9.17) is 19.4 Å². The monoisotopic (exact) mass is 719 g/mol. The fourth-order valence-corrected chi connectivity index (χ4v) is 7.34. The van der Waals surface area contributed by atoms with Crippen molar-refractivity contribution >= 4 is 39.0 Å². The second kappa shape index (κ2) is 14.3. The van der Waals surface area contributed by atoms with Crippen molar-refractivity contribution in [2.45, 2.75) is 0 Å². The highest BCUT2D eigenvalue weighted by Crippen LogP contribution is 2.44. The SMILES string of the molecule is c1ccc(-c2nc(-c3ccccc3)nc(-c3cccc4oc5ccc(N(c6ccc(-c7ccccn7)cc6)c6ccccc6-c6ccccc6)cc5c34)n2)cc1. The summed E-state index contributed by atoms with van der Waals surface area (Å²) in [4.78, 5) is 22.0. The molecule has 3 heterocycles. The van der Waals surface area contributed by atoms with E-state index in [0.29, 0.717) is 17.5 Å². The average Bonchev–Trinajstić information content (AvgIpc) is 3.66. The number of para-hydroxylation sites is 1. The molecule has 0 amide bonds. The van der Waals surface area contributed by atoms with Crippen molar-refractivity contribution in [3.63, 3.8) is 0 Å². The van der Waals surface area contributed by atoms with E-state index in [1.165, 1.54) is 0 Å². The molecular weight excluding hydrogens is 687 g/mol. The standard InChI is InChI=1S/C50H33N5O/c1-4-15-34(16-5-1)40-21-10-11-24-44(40)55(38-28-26-35(27-29-38)43-23-12-13-32-51-43)39-30-31-45-42(33-39)47-41(22-14-25-46(47)56-45)50-53-48(36-17-6-2-7-18-36)52-49(54-50)37-19-8-3-9-20-37/h1-33H. The highest BCUT2D eigenvalue weighted by atomic mass is 16.3. The highest BCUT2D eigenvalue weighted by Gasteiger charge is 2.22. The molecule has 0 aliphatic rings. The van der Waals surface area contributed by atoms with Crippen LogP contribution in [0, 0.1) is 0 Å². The van der Waals surface area contributed by atoms with E-state index in [1.54, 1.807) is 0 Å². The Morgan fingerprint density at radius 2 is 0.982 bits per heavy atom. The van der Waals surface area contributed by atoms with Gasteiger partial charge in [-0.05, 0) is 60.2 Å². The van der Waals surface area contributed by atoms with Gasteiger partial charge in [-0.3, -0.25) is 4.98 Å². The van der Waals surface area contributed by atoms with Gasteiger partial charge in [0.25, 0.3) is 0 Å². The van der Waals surface area contributed by atoms with Crippen molar-refractivity contribution in [3.8, 4) is 56.5 Å². The van der Waals surface area contributed by atoms with Crippen molar-refractivity contribution in [3.05, 3.63) is 200 Å². The van der Waals surface area contributed by atoms with E-state index < -0.39 is 0 Å². The van der Waals surface area contributed by atoms with Gasteiger partial charge in [-0.2, -0.15) is 0 Å². The van der Waals surface area contributed by atoms with Crippen LogP contribution in [-0.2, 0) is 0 Å². The summed E-state index contributed by atoms with van der Waals surface area (Å²) in [7, 11) is 0. The fraction of sp³-hybridized carbons (Fsp3) is 0. The molecule has 6 heteroatoms. The molecule has 0 bridgehead atoms. The first kappa shape index (κ1) is 32.9. The molecule has 0 saturated carbocycles. The van der Waals surface area contributed by atoms with Crippen LogP contribution in [0.5, 0.6) is 0 Å². The third kappa shape index (κ3) is 6.15. The largest absolute Gasteiger partial charge is 0.456 e. The maximum atomic E-state index is 6.55. The number of aromatic nitrogens is 4. The Hall–Kier alpha value is -7.70. The zero-order chi connectivity index (χ0) is 37.3. The lowest BCUT2D eigenvalue weighted by Gasteiger charge is -2.28. The number of nitrogens with zero attached hydrogens (tertiary/aromatic N) is 5. The Kier molecular flexibility index (Phi) is 8.39. The molecule has 56 heavy (non-hydrogen) atoms. The third-order valence-corrected chi connectivity index (χ3v) is 9.99. The van der Waals surface area contributed by atoms with Crippen LogP contribution in [0.4, 0.5) is 17.1 Å². The molecule has 10 rings (SSSR count). The minimum Gasteiger partial charge on any atom is -0.456 e. The number of anilines is 3. The molecular formula is C50H33N5O. The number of rotatable bonds is 8. The van der Waals surface area contributed by atoms with Gasteiger partial charge < -0.3 is 9.32 Å². The fourth-order valence-electron chi connectivity index (χ4n) is 7.34. The van der Waals surface area contributed by atoms with Gasteiger partial charge in [0.05, 0.1) is 11.4 Å². The van der Waals surface area contributed by atoms with Crippen molar-refractivity contribution in [2.75, 3.05) is 4.90 Å². The van der Waals surface area contributed by atoms with Crippen LogP contribution in [0.2, 0.25) is 0 Å². The molecule has 0 N–H and O–H groups in total. The molecule has 10 aromatic rings. The first-order chi connectivity index (χ1) is 27.8. The van der Waals surface area contributed by atoms with Crippen LogP contribution in [0.15, 0.2) is 205 Å². The number of hydrogen-bond donors (Lipinski definition) is 0. The molecule has 0 fully saturated rings. The lowest BCUT2D eigenvalue weighted by molar-refractivity contribution is 0.669. The normalized spacial score (nSPS) is 11.2. The molecule has 7 aromatic carbocycles. The summed E-state index contributed by atoms with van der Waals surface area (Å²) >= 11 is 0. The highest BCUT2D eigenvalue weighted by molar-refractivity contribution is 6.13. The molecule has 0 saturated heterocycles. The van der Waals surface area contributed by atoms with Gasteiger partial charge >= 0.3 is 0 Å². The lowest BCUT2D eigenvalue weighted by atomic mass is 10.0. The van der Waals surface area contributed by atoms with Crippen molar-refractivity contribution in [1.82, 2.24) is 19.9 Å². The minimum atomic E-state index is 0.577. The molecule has 6 nitrogen and oxygen atoms in total. The number of hydrogen-bond acceptors (Lipinski definition) is 6. The van der Waals surface area contributed by atoms with E-state index in [2.05, 4.69) is 107 Å². The average molecular weight is 720 g/mol. The summed E-state index contributed by atoms with van der Waals surface area (Å²) in [5.74, 6) is 1.79. The Morgan fingerprint density at radius 1 is 0.393 bits per heavy atom. The number of benzene rings is 7. The van der Waals surface area contributed by atoms with Crippen molar-refractivity contribution in [2.24, 2.45) is 0 Å². The number of furan rings is 1. The molecule has 0 unspecified atom stereocenters. The first-order valence-corrected chi connectivity index (χ1v) is 18.6. The first-order valence-electron chi connectivity index (χ1n) is 18.6. The van der Waals surface area contributed by atoms with Crippen LogP contribution in [0.25, 0.3) is 78.5 Å². The van der Waals surface area contributed by atoms with Gasteiger partial charge in [0.1, 0.15) is 11.2 Å². The summed E-state index contributed by atoms with van der Waals surface area (Å²) in [5, 5.41) is 1.90. The van der Waals surface area contributed by atoms with Crippen LogP contribution in [0.1, 0.15) is 0 Å². The second-order valence-electron chi connectivity index (χ2n) is 13.5. The predicted molar refractivity (Wildman–Crippen MR) is 227 cm³/mol. The van der Waals surface area contributed by atoms with Crippen LogP contribution in [-0.4, -0.2) is 19.9 Å². The number of fused-ring (bicyclic) bond motifs is 3. The van der Waals surface area contributed by atoms with Crippen LogP contribution in [0.3, 0.4) is 0 Å². The molecule has 0 aliphatic carbocycles. The molecule has 0 spiro atoms. The Labute approximate surface area is 324 Å². The quantitative estimate of drug-likeness (QED) is 0.156. The summed E-state index contributed by atoms with van der Waals surface area (Å²) in [6.45, 7) is 0. The van der Waals surface area contributed by atoms with Crippen LogP contribution < -0.4 is 4.90 Å². The van der Waals surface area contributed by atoms with E-state index in [0.717, 1.165) is 78.1 Å². The third-order valence-electron chi connectivity index (χ3n) is 9.99. The van der Waals surface area contributed by atoms with Gasteiger partial charge in [-0.15, -0.1) is 0 Å². The molecule has 3 aromatic heterocycles. The topological polar surface area (TPSA) is 67.9 Å². The predicted octanol–water partition coefficient (Wildman–Crippen LogP) is 13.0. The zero-order valence-electron chi connectivity index (χ0n) is 30.2. The van der Waals surface area contributed by atoms with E-state index in [1.807, 2.05) is 103 Å². The smallest absolute Gasteiger partial charge is 0.164 e. The second-order valence-corrected chi connectivity index (χ2v) is 13.5. The van der Waals surface area contributed by atoms with Gasteiger partial charge in [0, 0.05) is 56.2 Å². The van der Waals surface area contributed by atoms with E-state index in [-0.39, 0.29) is 0 Å². The van der Waals surface area contributed by atoms with Gasteiger partial charge in [-0.1, -0.05) is 140 Å². The summed E-state index contributed by atoms with van der Waals surface area (Å²) < 4.78 is 6.55. The molecule has 264 valence electrons. The summed E-state index contributed by atoms with van der Waals surface area (Å²) in [6, 6.07) is 66.2. The molecule has 0 radical (unpaired) electrons. The maximum absolute atomic E-state index is 6.55. The molecule has 0 aliphatic heterocycles. The Bertz CT molecular complexity index is 2890. The van der Waals surface area contributed by atoms with E-state index in [9.17, 15) is 0 Å². The summed E-state index contributed by atoms with van der Waals surface area (Å²) in [6.07, 6.45) is 1.83. The van der Waals surface area contributed by atoms with Gasteiger partial charge in [0.15, 0.2) is 17.5 Å². The molecule has 0 atom stereocenters. The van der Waals surface area contributed by atoms with Gasteiger partial charge in [0.2, 0.25) is 0 Å². The van der Waals surface area contributed by atoms with Gasteiger partial charge in [-0.25, -0.2) is 15.0 Å². The number of pyridine rings is 1. The maximum Gasteiger partial charge on any atom is 0.164 e.